The minimum Gasteiger partial charge on any atom is -0.482 e. The highest BCUT2D eigenvalue weighted by molar-refractivity contribution is 5.83. The lowest BCUT2D eigenvalue weighted by Gasteiger charge is -2.19. The molecule has 0 saturated heterocycles. The highest BCUT2D eigenvalue weighted by Gasteiger charge is 2.23. The molecule has 0 bridgehead atoms. The highest BCUT2D eigenvalue weighted by atomic mass is 19.1. The molecule has 2 N–H and O–H groups in total. The predicted octanol–water partition coefficient (Wildman–Crippen LogP) is 3.41. The van der Waals surface area contributed by atoms with Crippen LogP contribution in [0.15, 0.2) is 42.5 Å². The largest absolute Gasteiger partial charge is 0.482 e. The Morgan fingerprint density at radius 1 is 1.08 bits per heavy atom. The van der Waals surface area contributed by atoms with Gasteiger partial charge in [0.2, 0.25) is 5.91 Å². The number of ether oxygens (including phenoxy) is 1. The molecule has 0 aliphatic heterocycles. The molecule has 7 heteroatoms. The first-order valence-corrected chi connectivity index (χ1v) is 7.98. The fourth-order valence-corrected chi connectivity index (χ4v) is 2.47. The van der Waals surface area contributed by atoms with Gasteiger partial charge in [-0.15, -0.1) is 0 Å². The lowest BCUT2D eigenvalue weighted by molar-refractivity contribution is -0.139. The van der Waals surface area contributed by atoms with Gasteiger partial charge >= 0.3 is 5.97 Å². The van der Waals surface area contributed by atoms with E-state index in [1.54, 1.807) is 31.2 Å². The third kappa shape index (κ3) is 4.78. The van der Waals surface area contributed by atoms with Crippen molar-refractivity contribution >= 4 is 11.9 Å². The second kappa shape index (κ2) is 8.42. The SMILES string of the molecule is CC(NC(=O)C(C)c1c(F)cccc1F)c1ccc(OCC(=O)O)cc1. The number of carboxylic acid groups (broad SMARTS) is 1. The first kappa shape index (κ1) is 19.4. The molecule has 0 radical (unpaired) electrons. The average Bonchev–Trinajstić information content (AvgIpc) is 2.60. The van der Waals surface area contributed by atoms with Crippen molar-refractivity contribution in [2.45, 2.75) is 25.8 Å². The summed E-state index contributed by atoms with van der Waals surface area (Å²) in [5.41, 5.74) is 0.469. The molecule has 0 heterocycles. The number of aliphatic carboxylic acids is 1. The zero-order chi connectivity index (χ0) is 19.3. The van der Waals surface area contributed by atoms with Crippen LogP contribution in [0, 0.1) is 11.6 Å². The monoisotopic (exact) mass is 363 g/mol. The Bertz CT molecular complexity index is 772. The normalized spacial score (nSPS) is 12.9. The lowest BCUT2D eigenvalue weighted by atomic mass is 9.98. The van der Waals surface area contributed by atoms with Gasteiger partial charge in [0, 0.05) is 5.56 Å². The molecule has 2 unspecified atom stereocenters. The van der Waals surface area contributed by atoms with Crippen LogP contribution < -0.4 is 10.1 Å². The van der Waals surface area contributed by atoms with E-state index in [2.05, 4.69) is 5.32 Å². The fourth-order valence-electron chi connectivity index (χ4n) is 2.47. The summed E-state index contributed by atoms with van der Waals surface area (Å²) >= 11 is 0. The van der Waals surface area contributed by atoms with E-state index in [1.165, 1.54) is 13.0 Å². The quantitative estimate of drug-likeness (QED) is 0.790. The number of hydrogen-bond donors (Lipinski definition) is 2. The van der Waals surface area contributed by atoms with Crippen LogP contribution in [0.1, 0.15) is 36.9 Å². The van der Waals surface area contributed by atoms with Crippen LogP contribution in [0.3, 0.4) is 0 Å². The first-order valence-electron chi connectivity index (χ1n) is 7.98. The molecular formula is C19H19F2NO4. The molecule has 2 aromatic carbocycles. The second-order valence-corrected chi connectivity index (χ2v) is 5.84. The van der Waals surface area contributed by atoms with Crippen molar-refractivity contribution in [3.63, 3.8) is 0 Å². The Kier molecular flexibility index (Phi) is 6.27. The Balaban J connectivity index is 2.03. The van der Waals surface area contributed by atoms with Gasteiger partial charge in [0.1, 0.15) is 17.4 Å². The fraction of sp³-hybridized carbons (Fsp3) is 0.263. The van der Waals surface area contributed by atoms with Crippen molar-refractivity contribution in [2.75, 3.05) is 6.61 Å². The van der Waals surface area contributed by atoms with Gasteiger partial charge in [-0.25, -0.2) is 13.6 Å². The van der Waals surface area contributed by atoms with Gasteiger partial charge in [0.15, 0.2) is 6.61 Å². The number of rotatable bonds is 7. The van der Waals surface area contributed by atoms with Crippen LogP contribution in [-0.2, 0) is 9.59 Å². The summed E-state index contributed by atoms with van der Waals surface area (Å²) in [5.74, 6) is -3.72. The lowest BCUT2D eigenvalue weighted by Crippen LogP contribution is -2.31. The number of carbonyl (C=O) groups excluding carboxylic acids is 1. The van der Waals surface area contributed by atoms with E-state index >= 15 is 0 Å². The molecule has 5 nitrogen and oxygen atoms in total. The Labute approximate surface area is 149 Å². The maximum Gasteiger partial charge on any atom is 0.341 e. The van der Waals surface area contributed by atoms with E-state index in [0.29, 0.717) is 5.75 Å². The van der Waals surface area contributed by atoms with Gasteiger partial charge in [0.25, 0.3) is 0 Å². The first-order chi connectivity index (χ1) is 12.3. The summed E-state index contributed by atoms with van der Waals surface area (Å²) in [4.78, 5) is 22.8. The summed E-state index contributed by atoms with van der Waals surface area (Å²) in [6, 6.07) is 9.58. The smallest absolute Gasteiger partial charge is 0.341 e. The summed E-state index contributed by atoms with van der Waals surface area (Å²) in [7, 11) is 0. The predicted molar refractivity (Wildman–Crippen MR) is 90.9 cm³/mol. The topological polar surface area (TPSA) is 75.6 Å². The van der Waals surface area contributed by atoms with Crippen molar-refractivity contribution < 1.29 is 28.2 Å². The van der Waals surface area contributed by atoms with Crippen molar-refractivity contribution in [3.8, 4) is 5.75 Å². The number of carbonyl (C=O) groups is 2. The van der Waals surface area contributed by atoms with E-state index in [-0.39, 0.29) is 5.56 Å². The van der Waals surface area contributed by atoms with Crippen LogP contribution >= 0.6 is 0 Å². The molecule has 2 rings (SSSR count). The van der Waals surface area contributed by atoms with E-state index in [9.17, 15) is 18.4 Å². The zero-order valence-electron chi connectivity index (χ0n) is 14.3. The van der Waals surface area contributed by atoms with Crippen molar-refractivity contribution in [2.24, 2.45) is 0 Å². The molecule has 0 aromatic heterocycles. The van der Waals surface area contributed by atoms with E-state index in [0.717, 1.165) is 17.7 Å². The Hall–Kier alpha value is -2.96. The van der Waals surface area contributed by atoms with Crippen LogP contribution in [0.2, 0.25) is 0 Å². The third-order valence-electron chi connectivity index (χ3n) is 3.93. The second-order valence-electron chi connectivity index (χ2n) is 5.84. The standard InChI is InChI=1S/C19H19F2NO4/c1-11(18-15(20)4-3-5-16(18)21)19(25)22-12(2)13-6-8-14(9-7-13)26-10-17(23)24/h3-9,11-12H,10H2,1-2H3,(H,22,25)(H,23,24). The molecule has 26 heavy (non-hydrogen) atoms. The number of halogens is 2. The number of hydrogen-bond acceptors (Lipinski definition) is 3. The summed E-state index contributed by atoms with van der Waals surface area (Å²) in [6.45, 7) is 2.72. The minimum absolute atomic E-state index is 0.269. The van der Waals surface area contributed by atoms with Crippen LogP contribution in [0.5, 0.6) is 5.75 Å². The highest BCUT2D eigenvalue weighted by Crippen LogP contribution is 2.24. The van der Waals surface area contributed by atoms with Gasteiger partial charge in [-0.05, 0) is 43.7 Å². The molecule has 1 amide bonds. The molecule has 0 aliphatic rings. The maximum atomic E-state index is 13.8. The minimum atomic E-state index is -1.08. The zero-order valence-corrected chi connectivity index (χ0v) is 14.3. The number of amides is 1. The molecule has 138 valence electrons. The van der Waals surface area contributed by atoms with Gasteiger partial charge in [-0.3, -0.25) is 4.79 Å². The van der Waals surface area contributed by atoms with Gasteiger partial charge in [-0.1, -0.05) is 18.2 Å². The van der Waals surface area contributed by atoms with Gasteiger partial charge < -0.3 is 15.2 Å². The van der Waals surface area contributed by atoms with Gasteiger partial charge in [-0.2, -0.15) is 0 Å². The Morgan fingerprint density at radius 3 is 2.19 bits per heavy atom. The molecule has 0 spiro atoms. The number of carboxylic acids is 1. The van der Waals surface area contributed by atoms with Crippen LogP contribution in [0.25, 0.3) is 0 Å². The third-order valence-corrected chi connectivity index (χ3v) is 3.93. The molecule has 0 fully saturated rings. The van der Waals surface area contributed by atoms with Crippen molar-refractivity contribution in [3.05, 3.63) is 65.2 Å². The van der Waals surface area contributed by atoms with Crippen LogP contribution in [0.4, 0.5) is 8.78 Å². The molecule has 2 atom stereocenters. The number of benzene rings is 2. The average molecular weight is 363 g/mol. The van der Waals surface area contributed by atoms with E-state index in [1.807, 2.05) is 0 Å². The molecular weight excluding hydrogens is 344 g/mol. The Morgan fingerprint density at radius 2 is 1.65 bits per heavy atom. The molecule has 0 aliphatic carbocycles. The van der Waals surface area contributed by atoms with Crippen molar-refractivity contribution in [1.29, 1.82) is 0 Å². The summed E-state index contributed by atoms with van der Waals surface area (Å²) in [5, 5.41) is 11.3. The van der Waals surface area contributed by atoms with Crippen LogP contribution in [-0.4, -0.2) is 23.6 Å². The molecule has 0 saturated carbocycles. The van der Waals surface area contributed by atoms with E-state index < -0.39 is 42.1 Å². The maximum absolute atomic E-state index is 13.8. The number of nitrogens with one attached hydrogen (secondary N) is 1. The van der Waals surface area contributed by atoms with E-state index in [4.69, 9.17) is 9.84 Å². The summed E-state index contributed by atoms with van der Waals surface area (Å²) in [6.07, 6.45) is 0. The summed E-state index contributed by atoms with van der Waals surface area (Å²) < 4.78 is 32.7. The van der Waals surface area contributed by atoms with Gasteiger partial charge in [0.05, 0.1) is 12.0 Å². The van der Waals surface area contributed by atoms with Crippen molar-refractivity contribution in [1.82, 2.24) is 5.32 Å². The molecule has 2 aromatic rings.